The molecule has 0 N–H and O–H groups in total. The summed E-state index contributed by atoms with van der Waals surface area (Å²) in [7, 11) is -3.54. The Balaban J connectivity index is 1.35. The Morgan fingerprint density at radius 1 is 0.853 bits per heavy atom. The molecule has 0 aliphatic carbocycles. The van der Waals surface area contributed by atoms with Crippen molar-refractivity contribution in [1.29, 1.82) is 0 Å². The number of hydrogen-bond acceptors (Lipinski definition) is 4. The van der Waals surface area contributed by atoms with E-state index >= 15 is 0 Å². The van der Waals surface area contributed by atoms with Gasteiger partial charge in [0, 0.05) is 37.2 Å². The van der Waals surface area contributed by atoms with E-state index in [2.05, 4.69) is 20.8 Å². The van der Waals surface area contributed by atoms with Crippen LogP contribution < -0.4 is 0 Å². The second kappa shape index (κ2) is 11.0. The standard InChI is InChI=1S/C25H25BrF2N2O3S/c26-21-7-4-8-22(18-21)34(31,32)30-13-11-29(12-14-30)15-16-33-25(19-5-2-1-3-6-19)20-9-10-23(27)24(28)17-20/h1-10,17-18,25H,11-16H2. The van der Waals surface area contributed by atoms with Crippen molar-refractivity contribution in [3.63, 3.8) is 0 Å². The van der Waals surface area contributed by atoms with Crippen molar-refractivity contribution >= 4 is 26.0 Å². The molecular formula is C25H25BrF2N2O3S. The Hall–Kier alpha value is -2.17. The summed E-state index contributed by atoms with van der Waals surface area (Å²) >= 11 is 3.32. The summed E-state index contributed by atoms with van der Waals surface area (Å²) in [6.07, 6.45) is -0.533. The molecule has 0 amide bonds. The fourth-order valence-electron chi connectivity index (χ4n) is 3.96. The minimum absolute atomic E-state index is 0.274. The lowest BCUT2D eigenvalue weighted by atomic mass is 10.0. The molecule has 0 saturated carbocycles. The molecule has 1 aliphatic heterocycles. The van der Waals surface area contributed by atoms with Gasteiger partial charge in [0.1, 0.15) is 6.10 Å². The molecule has 4 rings (SSSR count). The van der Waals surface area contributed by atoms with Crippen molar-refractivity contribution in [3.8, 4) is 0 Å². The zero-order valence-electron chi connectivity index (χ0n) is 18.4. The van der Waals surface area contributed by atoms with Gasteiger partial charge in [0.05, 0.1) is 11.5 Å². The van der Waals surface area contributed by atoms with Crippen LogP contribution in [-0.2, 0) is 14.8 Å². The van der Waals surface area contributed by atoms with E-state index in [0.717, 1.165) is 16.1 Å². The second-order valence-electron chi connectivity index (χ2n) is 8.04. The summed E-state index contributed by atoms with van der Waals surface area (Å²) in [5.41, 5.74) is 1.38. The lowest BCUT2D eigenvalue weighted by Crippen LogP contribution is -2.49. The Morgan fingerprint density at radius 3 is 2.26 bits per heavy atom. The van der Waals surface area contributed by atoms with Gasteiger partial charge in [0.2, 0.25) is 10.0 Å². The van der Waals surface area contributed by atoms with Crippen LogP contribution in [0.15, 0.2) is 82.2 Å². The lowest BCUT2D eigenvalue weighted by molar-refractivity contribution is 0.0525. The van der Waals surface area contributed by atoms with E-state index in [9.17, 15) is 17.2 Å². The Bertz CT molecular complexity index is 1220. The molecule has 1 saturated heterocycles. The highest BCUT2D eigenvalue weighted by Crippen LogP contribution is 2.27. The second-order valence-corrected chi connectivity index (χ2v) is 10.9. The Labute approximate surface area is 207 Å². The Morgan fingerprint density at radius 2 is 1.59 bits per heavy atom. The predicted octanol–water partition coefficient (Wildman–Crippen LogP) is 4.84. The molecule has 0 radical (unpaired) electrons. The third kappa shape index (κ3) is 5.90. The predicted molar refractivity (Wildman–Crippen MR) is 130 cm³/mol. The van der Waals surface area contributed by atoms with E-state index in [0.29, 0.717) is 44.9 Å². The fraction of sp³-hybridized carbons (Fsp3) is 0.280. The molecule has 5 nitrogen and oxygen atoms in total. The Kier molecular flexibility index (Phi) is 8.10. The van der Waals surface area contributed by atoms with E-state index in [1.54, 1.807) is 24.3 Å². The highest BCUT2D eigenvalue weighted by molar-refractivity contribution is 9.10. The molecule has 1 fully saturated rings. The maximum Gasteiger partial charge on any atom is 0.243 e. The van der Waals surface area contributed by atoms with Crippen LogP contribution in [0.4, 0.5) is 8.78 Å². The van der Waals surface area contributed by atoms with Crippen LogP contribution in [0.1, 0.15) is 17.2 Å². The van der Waals surface area contributed by atoms with Gasteiger partial charge < -0.3 is 4.74 Å². The number of piperazine rings is 1. The molecule has 9 heteroatoms. The molecule has 1 unspecified atom stereocenters. The molecule has 180 valence electrons. The topological polar surface area (TPSA) is 49.9 Å². The van der Waals surface area contributed by atoms with Gasteiger partial charge in [0.15, 0.2) is 11.6 Å². The van der Waals surface area contributed by atoms with Gasteiger partial charge in [-0.15, -0.1) is 0 Å². The van der Waals surface area contributed by atoms with E-state index < -0.39 is 27.8 Å². The highest BCUT2D eigenvalue weighted by atomic mass is 79.9. The van der Waals surface area contributed by atoms with Crippen LogP contribution >= 0.6 is 15.9 Å². The van der Waals surface area contributed by atoms with Crippen molar-refractivity contribution in [1.82, 2.24) is 9.21 Å². The van der Waals surface area contributed by atoms with E-state index in [-0.39, 0.29) is 4.90 Å². The lowest BCUT2D eigenvalue weighted by Gasteiger charge is -2.34. The molecular weight excluding hydrogens is 526 g/mol. The zero-order chi connectivity index (χ0) is 24.1. The van der Waals surface area contributed by atoms with Gasteiger partial charge in [0.25, 0.3) is 0 Å². The van der Waals surface area contributed by atoms with E-state index in [4.69, 9.17) is 4.74 Å². The van der Waals surface area contributed by atoms with Crippen LogP contribution in [0.25, 0.3) is 0 Å². The number of benzene rings is 3. The summed E-state index contributed by atoms with van der Waals surface area (Å²) in [6.45, 7) is 2.89. The minimum atomic E-state index is -3.54. The zero-order valence-corrected chi connectivity index (χ0v) is 20.8. The summed E-state index contributed by atoms with van der Waals surface area (Å²) in [6, 6.07) is 19.9. The van der Waals surface area contributed by atoms with Crippen molar-refractivity contribution in [2.45, 2.75) is 11.0 Å². The van der Waals surface area contributed by atoms with Crippen molar-refractivity contribution < 1.29 is 21.9 Å². The maximum absolute atomic E-state index is 13.9. The van der Waals surface area contributed by atoms with Gasteiger partial charge >= 0.3 is 0 Å². The van der Waals surface area contributed by atoms with Gasteiger partial charge in [-0.2, -0.15) is 4.31 Å². The average Bonchev–Trinajstić information content (AvgIpc) is 2.84. The normalized spacial score (nSPS) is 16.4. The van der Waals surface area contributed by atoms with Crippen LogP contribution in [-0.4, -0.2) is 57.0 Å². The number of nitrogens with zero attached hydrogens (tertiary/aromatic N) is 2. The first-order valence-electron chi connectivity index (χ1n) is 10.9. The van der Waals surface area contributed by atoms with Crippen LogP contribution in [0, 0.1) is 11.6 Å². The molecule has 1 aliphatic rings. The summed E-state index contributed by atoms with van der Waals surface area (Å²) < 4.78 is 61.5. The number of rotatable bonds is 8. The molecule has 0 spiro atoms. The molecule has 1 atom stereocenters. The average molecular weight is 551 g/mol. The molecule has 0 bridgehead atoms. The molecule has 3 aromatic rings. The smallest absolute Gasteiger partial charge is 0.243 e. The van der Waals surface area contributed by atoms with Crippen LogP contribution in [0.2, 0.25) is 0 Å². The van der Waals surface area contributed by atoms with Crippen molar-refractivity contribution in [2.24, 2.45) is 0 Å². The molecule has 3 aromatic carbocycles. The highest BCUT2D eigenvalue weighted by Gasteiger charge is 2.28. The molecule has 34 heavy (non-hydrogen) atoms. The number of halogens is 3. The minimum Gasteiger partial charge on any atom is -0.367 e. The van der Waals surface area contributed by atoms with Crippen LogP contribution in [0.3, 0.4) is 0 Å². The largest absolute Gasteiger partial charge is 0.367 e. The van der Waals surface area contributed by atoms with Crippen molar-refractivity contribution in [3.05, 3.63) is 100 Å². The number of sulfonamides is 1. The summed E-state index contributed by atoms with van der Waals surface area (Å²) in [4.78, 5) is 2.41. The summed E-state index contributed by atoms with van der Waals surface area (Å²) in [5.74, 6) is -1.81. The van der Waals surface area contributed by atoms with Gasteiger partial charge in [-0.3, -0.25) is 4.90 Å². The van der Waals surface area contributed by atoms with Crippen LogP contribution in [0.5, 0.6) is 0 Å². The quantitative estimate of drug-likeness (QED) is 0.402. The van der Waals surface area contributed by atoms with E-state index in [1.165, 1.54) is 16.4 Å². The maximum atomic E-state index is 13.9. The van der Waals surface area contributed by atoms with Gasteiger partial charge in [-0.1, -0.05) is 58.4 Å². The number of ether oxygens (including phenoxy) is 1. The first kappa shape index (κ1) is 24.9. The fourth-order valence-corrected chi connectivity index (χ4v) is 5.98. The third-order valence-electron chi connectivity index (χ3n) is 5.81. The molecule has 0 aromatic heterocycles. The summed E-state index contributed by atoms with van der Waals surface area (Å²) in [5, 5.41) is 0. The van der Waals surface area contributed by atoms with Gasteiger partial charge in [-0.05, 0) is 41.5 Å². The first-order valence-corrected chi connectivity index (χ1v) is 13.2. The monoisotopic (exact) mass is 550 g/mol. The van der Waals surface area contributed by atoms with Gasteiger partial charge in [-0.25, -0.2) is 17.2 Å². The number of hydrogen-bond donors (Lipinski definition) is 0. The van der Waals surface area contributed by atoms with Crippen molar-refractivity contribution in [2.75, 3.05) is 39.3 Å². The molecule has 1 heterocycles. The third-order valence-corrected chi connectivity index (χ3v) is 8.19. The SMILES string of the molecule is O=S(=O)(c1cccc(Br)c1)N1CCN(CCOC(c2ccccc2)c2ccc(F)c(F)c2)CC1. The first-order chi connectivity index (χ1) is 16.3. The van der Waals surface area contributed by atoms with E-state index in [1.807, 2.05) is 30.3 Å².